The fraction of sp³-hybridized carbons (Fsp3) is 0.353. The highest BCUT2D eigenvalue weighted by Gasteiger charge is 2.21. The van der Waals surface area contributed by atoms with E-state index < -0.39 is 0 Å². The van der Waals surface area contributed by atoms with Crippen molar-refractivity contribution in [3.8, 4) is 5.69 Å². The molecule has 1 aromatic heterocycles. The topological polar surface area (TPSA) is 76.5 Å². The van der Waals surface area contributed by atoms with Gasteiger partial charge in [0.05, 0.1) is 17.9 Å². The van der Waals surface area contributed by atoms with Crippen molar-refractivity contribution < 1.29 is 14.3 Å². The Morgan fingerprint density at radius 3 is 2.62 bits per heavy atom. The van der Waals surface area contributed by atoms with Gasteiger partial charge in [0.15, 0.2) is 0 Å². The summed E-state index contributed by atoms with van der Waals surface area (Å²) in [5, 5.41) is 7.23. The molecule has 3 rings (SSSR count). The van der Waals surface area contributed by atoms with Crippen LogP contribution in [-0.2, 0) is 4.74 Å². The second-order valence-electron chi connectivity index (χ2n) is 5.74. The Kier molecular flexibility index (Phi) is 4.50. The molecule has 1 aliphatic heterocycles. The number of hydrogen-bond acceptors (Lipinski definition) is 4. The number of rotatable bonds is 5. The molecule has 1 aliphatic rings. The molecule has 7 heteroatoms. The Morgan fingerprint density at radius 2 is 2.04 bits per heavy atom. The summed E-state index contributed by atoms with van der Waals surface area (Å²) in [6, 6.07) is 9.28. The van der Waals surface area contributed by atoms with Gasteiger partial charge in [-0.05, 0) is 44.2 Å². The van der Waals surface area contributed by atoms with Crippen LogP contribution in [0.1, 0.15) is 21.7 Å². The Morgan fingerprint density at radius 1 is 1.29 bits per heavy atom. The molecule has 1 aromatic carbocycles. The van der Waals surface area contributed by atoms with E-state index in [1.54, 1.807) is 17.0 Å². The summed E-state index contributed by atoms with van der Waals surface area (Å²) in [7, 11) is 0. The van der Waals surface area contributed by atoms with Crippen LogP contribution in [0.25, 0.3) is 5.69 Å². The maximum Gasteiger partial charge on any atom is 0.409 e. The molecule has 7 nitrogen and oxygen atoms in total. The van der Waals surface area contributed by atoms with Crippen LogP contribution in [-0.4, -0.2) is 52.9 Å². The van der Waals surface area contributed by atoms with Crippen LogP contribution in [0.3, 0.4) is 0 Å². The van der Waals surface area contributed by atoms with Gasteiger partial charge in [-0.15, -0.1) is 0 Å². The summed E-state index contributed by atoms with van der Waals surface area (Å²) in [4.78, 5) is 25.0. The third-order valence-electron chi connectivity index (χ3n) is 3.90. The maximum atomic E-state index is 12.2. The number of aromatic nitrogens is 2. The summed E-state index contributed by atoms with van der Waals surface area (Å²) in [6.07, 6.45) is -0.321. The molecule has 2 amide bonds. The van der Waals surface area contributed by atoms with Gasteiger partial charge in [-0.3, -0.25) is 4.79 Å². The Labute approximate surface area is 140 Å². The van der Waals surface area contributed by atoms with Gasteiger partial charge in [-0.25, -0.2) is 9.48 Å². The van der Waals surface area contributed by atoms with Crippen LogP contribution in [0.2, 0.25) is 0 Å². The summed E-state index contributed by atoms with van der Waals surface area (Å²) in [6.45, 7) is 5.78. The summed E-state index contributed by atoms with van der Waals surface area (Å²) < 4.78 is 6.68. The maximum absolute atomic E-state index is 12.2. The molecule has 24 heavy (non-hydrogen) atoms. The largest absolute Gasteiger partial charge is 0.448 e. The van der Waals surface area contributed by atoms with E-state index in [4.69, 9.17) is 4.74 Å². The smallest absolute Gasteiger partial charge is 0.409 e. The van der Waals surface area contributed by atoms with Gasteiger partial charge < -0.3 is 15.0 Å². The Hall–Kier alpha value is -2.83. The number of carbonyl (C=O) groups is 2. The van der Waals surface area contributed by atoms with Crippen molar-refractivity contribution in [1.29, 1.82) is 0 Å². The summed E-state index contributed by atoms with van der Waals surface area (Å²) in [5.41, 5.74) is 3.48. The minimum atomic E-state index is -0.321. The lowest BCUT2D eigenvalue weighted by molar-refractivity contribution is 0.0949. The number of ether oxygens (including phenoxy) is 1. The quantitative estimate of drug-likeness (QED) is 0.906. The van der Waals surface area contributed by atoms with E-state index in [-0.39, 0.29) is 12.0 Å². The van der Waals surface area contributed by atoms with E-state index in [0.29, 0.717) is 31.8 Å². The number of cyclic esters (lactones) is 1. The third kappa shape index (κ3) is 3.40. The SMILES string of the molecule is Cc1cc(C)n(-c2ccc(C(=O)NCCN3CCOC3=O)cc2)n1. The monoisotopic (exact) mass is 328 g/mol. The molecule has 0 saturated carbocycles. The molecule has 0 bridgehead atoms. The van der Waals surface area contributed by atoms with Gasteiger partial charge >= 0.3 is 6.09 Å². The standard InChI is InChI=1S/C17H20N4O3/c1-12-11-13(2)21(19-12)15-5-3-14(4-6-15)16(22)18-7-8-20-9-10-24-17(20)23/h3-6,11H,7-10H2,1-2H3,(H,18,22). The molecule has 0 radical (unpaired) electrons. The highest BCUT2D eigenvalue weighted by atomic mass is 16.6. The zero-order valence-corrected chi connectivity index (χ0v) is 13.8. The van der Waals surface area contributed by atoms with E-state index in [1.807, 2.05) is 36.7 Å². The highest BCUT2D eigenvalue weighted by molar-refractivity contribution is 5.94. The Bertz CT molecular complexity index is 752. The molecule has 2 aromatic rings. The van der Waals surface area contributed by atoms with E-state index in [9.17, 15) is 9.59 Å². The van der Waals surface area contributed by atoms with Crippen LogP contribution >= 0.6 is 0 Å². The normalized spacial score (nSPS) is 13.9. The first-order chi connectivity index (χ1) is 11.5. The van der Waals surface area contributed by atoms with Crippen molar-refractivity contribution in [2.75, 3.05) is 26.2 Å². The van der Waals surface area contributed by atoms with Crippen LogP contribution in [0.15, 0.2) is 30.3 Å². The molecular weight excluding hydrogens is 308 g/mol. The van der Waals surface area contributed by atoms with E-state index in [1.165, 1.54) is 0 Å². The van der Waals surface area contributed by atoms with Crippen LogP contribution in [0.5, 0.6) is 0 Å². The van der Waals surface area contributed by atoms with E-state index >= 15 is 0 Å². The molecule has 2 heterocycles. The minimum absolute atomic E-state index is 0.164. The number of amides is 2. The molecule has 0 atom stereocenters. The lowest BCUT2D eigenvalue weighted by Crippen LogP contribution is -2.35. The average molecular weight is 328 g/mol. The van der Waals surface area contributed by atoms with E-state index in [2.05, 4.69) is 10.4 Å². The summed E-state index contributed by atoms with van der Waals surface area (Å²) in [5.74, 6) is -0.164. The van der Waals surface area contributed by atoms with Gasteiger partial charge in [0.25, 0.3) is 5.91 Å². The lowest BCUT2D eigenvalue weighted by Gasteiger charge is -2.13. The number of aryl methyl sites for hydroxylation is 2. The Balaban J connectivity index is 1.57. The van der Waals surface area contributed by atoms with Crippen molar-refractivity contribution in [3.05, 3.63) is 47.3 Å². The van der Waals surface area contributed by atoms with Gasteiger partial charge in [0.2, 0.25) is 0 Å². The average Bonchev–Trinajstić information content (AvgIpc) is 3.12. The van der Waals surface area contributed by atoms with Crippen molar-refractivity contribution in [1.82, 2.24) is 20.0 Å². The minimum Gasteiger partial charge on any atom is -0.448 e. The first-order valence-corrected chi connectivity index (χ1v) is 7.88. The molecular formula is C17H20N4O3. The van der Waals surface area contributed by atoms with Crippen LogP contribution in [0.4, 0.5) is 4.79 Å². The molecule has 126 valence electrons. The van der Waals surface area contributed by atoms with Gasteiger partial charge in [-0.2, -0.15) is 5.10 Å². The first-order valence-electron chi connectivity index (χ1n) is 7.88. The number of hydrogen-bond donors (Lipinski definition) is 1. The zero-order valence-electron chi connectivity index (χ0n) is 13.8. The van der Waals surface area contributed by atoms with Gasteiger partial charge in [0, 0.05) is 24.3 Å². The van der Waals surface area contributed by atoms with Gasteiger partial charge in [-0.1, -0.05) is 0 Å². The number of benzene rings is 1. The number of nitrogens with one attached hydrogen (secondary N) is 1. The van der Waals surface area contributed by atoms with Gasteiger partial charge in [0.1, 0.15) is 6.61 Å². The first kappa shape index (κ1) is 16.0. The van der Waals surface area contributed by atoms with Crippen LogP contribution in [0, 0.1) is 13.8 Å². The third-order valence-corrected chi connectivity index (χ3v) is 3.90. The number of carbonyl (C=O) groups excluding carboxylic acids is 2. The second-order valence-corrected chi connectivity index (χ2v) is 5.74. The highest BCUT2D eigenvalue weighted by Crippen LogP contribution is 2.13. The zero-order chi connectivity index (χ0) is 17.1. The second kappa shape index (κ2) is 6.74. The van der Waals surface area contributed by atoms with Crippen molar-refractivity contribution >= 4 is 12.0 Å². The molecule has 0 unspecified atom stereocenters. The fourth-order valence-electron chi connectivity index (χ4n) is 2.68. The summed E-state index contributed by atoms with van der Waals surface area (Å²) >= 11 is 0. The molecule has 1 saturated heterocycles. The molecule has 0 aliphatic carbocycles. The molecule has 1 fully saturated rings. The van der Waals surface area contributed by atoms with E-state index in [0.717, 1.165) is 17.1 Å². The molecule has 0 spiro atoms. The predicted molar refractivity (Wildman–Crippen MR) is 88.3 cm³/mol. The molecule has 1 N–H and O–H groups in total. The number of nitrogens with zero attached hydrogens (tertiary/aromatic N) is 3. The van der Waals surface area contributed by atoms with Crippen molar-refractivity contribution in [3.63, 3.8) is 0 Å². The lowest BCUT2D eigenvalue weighted by atomic mass is 10.2. The predicted octanol–water partition coefficient (Wildman–Crippen LogP) is 1.67. The van der Waals surface area contributed by atoms with Crippen molar-refractivity contribution in [2.45, 2.75) is 13.8 Å². The van der Waals surface area contributed by atoms with Crippen LogP contribution < -0.4 is 5.32 Å². The fourth-order valence-corrected chi connectivity index (χ4v) is 2.68. The van der Waals surface area contributed by atoms with Crippen molar-refractivity contribution in [2.24, 2.45) is 0 Å².